The van der Waals surface area contributed by atoms with Crippen molar-refractivity contribution in [1.29, 1.82) is 0 Å². The summed E-state index contributed by atoms with van der Waals surface area (Å²) < 4.78 is 43.6. The summed E-state index contributed by atoms with van der Waals surface area (Å²) in [4.78, 5) is 21.2. The number of fused-ring (bicyclic) bond motifs is 1. The summed E-state index contributed by atoms with van der Waals surface area (Å²) >= 11 is 1.31. The predicted molar refractivity (Wildman–Crippen MR) is 107 cm³/mol. The van der Waals surface area contributed by atoms with Crippen molar-refractivity contribution < 1.29 is 22.7 Å². The number of anilines is 1. The first kappa shape index (κ1) is 20.5. The molecule has 0 bridgehead atoms. The second-order valence-electron chi connectivity index (χ2n) is 6.94. The Hall–Kier alpha value is -2.82. The van der Waals surface area contributed by atoms with E-state index in [4.69, 9.17) is 0 Å². The Morgan fingerprint density at radius 3 is 2.60 bits per heavy atom. The van der Waals surface area contributed by atoms with Gasteiger partial charge in [0.2, 0.25) is 0 Å². The third-order valence-corrected chi connectivity index (χ3v) is 5.92. The molecule has 3 aromatic rings. The van der Waals surface area contributed by atoms with E-state index in [1.54, 1.807) is 15.6 Å². The first-order valence-electron chi connectivity index (χ1n) is 9.48. The highest BCUT2D eigenvalue weighted by Crippen LogP contribution is 2.33. The predicted octanol–water partition coefficient (Wildman–Crippen LogP) is 3.68. The summed E-state index contributed by atoms with van der Waals surface area (Å²) in [7, 11) is 0. The molecule has 30 heavy (non-hydrogen) atoms. The van der Waals surface area contributed by atoms with Crippen molar-refractivity contribution in [3.05, 3.63) is 35.7 Å². The number of carbonyl (C=O) groups excluding carboxylic acids is 1. The number of aromatic nitrogens is 3. The van der Waals surface area contributed by atoms with Gasteiger partial charge < -0.3 is 14.5 Å². The van der Waals surface area contributed by atoms with Crippen LogP contribution in [0.4, 0.5) is 18.3 Å². The zero-order chi connectivity index (χ0) is 21.5. The lowest BCUT2D eigenvalue weighted by atomic mass is 10.2. The van der Waals surface area contributed by atoms with Crippen molar-refractivity contribution >= 4 is 32.6 Å². The molecule has 0 N–H and O–H groups in total. The van der Waals surface area contributed by atoms with Gasteiger partial charge in [-0.3, -0.25) is 9.48 Å². The van der Waals surface area contributed by atoms with Gasteiger partial charge in [0.05, 0.1) is 15.9 Å². The number of ether oxygens (including phenoxy) is 1. The number of carbonyl (C=O) groups is 1. The molecule has 1 amide bonds. The van der Waals surface area contributed by atoms with Gasteiger partial charge in [0, 0.05) is 38.8 Å². The van der Waals surface area contributed by atoms with Crippen LogP contribution in [-0.2, 0) is 6.54 Å². The third-order valence-electron chi connectivity index (χ3n) is 4.84. The number of halogens is 3. The zero-order valence-corrected chi connectivity index (χ0v) is 17.3. The highest BCUT2D eigenvalue weighted by atomic mass is 32.1. The van der Waals surface area contributed by atoms with Gasteiger partial charge >= 0.3 is 6.36 Å². The second kappa shape index (κ2) is 7.78. The Bertz CT molecular complexity index is 1070. The number of aryl methyl sites for hydroxylation is 2. The first-order valence-corrected chi connectivity index (χ1v) is 10.3. The van der Waals surface area contributed by atoms with Crippen LogP contribution in [0.25, 0.3) is 10.2 Å². The van der Waals surface area contributed by atoms with Crippen molar-refractivity contribution in [3.63, 3.8) is 0 Å². The third kappa shape index (κ3) is 4.20. The van der Waals surface area contributed by atoms with Gasteiger partial charge in [0.1, 0.15) is 11.4 Å². The molecule has 1 aliphatic heterocycles. The van der Waals surface area contributed by atoms with Crippen LogP contribution in [0.2, 0.25) is 0 Å². The molecule has 0 saturated carbocycles. The number of hydrogen-bond donors (Lipinski definition) is 0. The second-order valence-corrected chi connectivity index (χ2v) is 7.95. The van der Waals surface area contributed by atoms with Crippen molar-refractivity contribution in [2.45, 2.75) is 26.8 Å². The number of thiazole rings is 1. The summed E-state index contributed by atoms with van der Waals surface area (Å²) in [6, 6.07) is 5.92. The van der Waals surface area contributed by atoms with Crippen LogP contribution in [-0.4, -0.2) is 58.1 Å². The molecular weight excluding hydrogens is 419 g/mol. The Morgan fingerprint density at radius 1 is 1.20 bits per heavy atom. The van der Waals surface area contributed by atoms with Crippen LogP contribution in [0.1, 0.15) is 23.1 Å². The van der Waals surface area contributed by atoms with Gasteiger partial charge in [-0.15, -0.1) is 13.2 Å². The maximum atomic E-state index is 12.9. The van der Waals surface area contributed by atoms with E-state index in [0.29, 0.717) is 48.6 Å². The maximum absolute atomic E-state index is 12.9. The number of hydrogen-bond acceptors (Lipinski definition) is 6. The standard InChI is InChI=1S/C19H20F3N5O2S/c1-3-27-15(10-12(2)24-27)17(28)25-6-8-26(9-7-25)18-23-14-5-4-13(11-16(14)30-18)29-19(20,21)22/h4-5,10-11H,3,6-9H2,1-2H3. The highest BCUT2D eigenvalue weighted by Gasteiger charge is 2.31. The number of nitrogens with zero attached hydrogens (tertiary/aromatic N) is 5. The topological polar surface area (TPSA) is 63.5 Å². The lowest BCUT2D eigenvalue weighted by Crippen LogP contribution is -2.49. The van der Waals surface area contributed by atoms with E-state index in [9.17, 15) is 18.0 Å². The van der Waals surface area contributed by atoms with Gasteiger partial charge in [0.15, 0.2) is 5.13 Å². The summed E-state index contributed by atoms with van der Waals surface area (Å²) in [6.45, 7) is 6.68. The Balaban J connectivity index is 1.44. The molecular formula is C19H20F3N5O2S. The normalized spacial score (nSPS) is 15.1. The van der Waals surface area contributed by atoms with E-state index in [2.05, 4.69) is 14.8 Å². The maximum Gasteiger partial charge on any atom is 0.573 e. The van der Waals surface area contributed by atoms with Crippen LogP contribution in [0.15, 0.2) is 24.3 Å². The van der Waals surface area contributed by atoms with Crippen LogP contribution in [0.3, 0.4) is 0 Å². The quantitative estimate of drug-likeness (QED) is 0.621. The Morgan fingerprint density at radius 2 is 1.93 bits per heavy atom. The SMILES string of the molecule is CCn1nc(C)cc1C(=O)N1CCN(c2nc3ccc(OC(F)(F)F)cc3s2)CC1. The molecule has 0 atom stereocenters. The summed E-state index contributed by atoms with van der Waals surface area (Å²) in [6.07, 6.45) is -4.73. The van der Waals surface area contributed by atoms with Crippen LogP contribution in [0.5, 0.6) is 5.75 Å². The van der Waals surface area contributed by atoms with Crippen molar-refractivity contribution in [1.82, 2.24) is 19.7 Å². The average molecular weight is 439 g/mol. The minimum atomic E-state index is -4.73. The van der Waals surface area contributed by atoms with Crippen LogP contribution >= 0.6 is 11.3 Å². The molecule has 3 heterocycles. The minimum absolute atomic E-state index is 0.0460. The lowest BCUT2D eigenvalue weighted by Gasteiger charge is -2.34. The molecule has 2 aromatic heterocycles. The smallest absolute Gasteiger partial charge is 0.406 e. The monoisotopic (exact) mass is 439 g/mol. The molecule has 0 spiro atoms. The molecule has 0 radical (unpaired) electrons. The van der Waals surface area contributed by atoms with E-state index >= 15 is 0 Å². The van der Waals surface area contributed by atoms with Gasteiger partial charge in [-0.05, 0) is 32.0 Å². The number of benzene rings is 1. The van der Waals surface area contributed by atoms with Gasteiger partial charge in [-0.2, -0.15) is 5.10 Å². The van der Waals surface area contributed by atoms with Gasteiger partial charge in [0.25, 0.3) is 5.91 Å². The Labute approximate surface area is 174 Å². The fraction of sp³-hybridized carbons (Fsp3) is 0.421. The van der Waals surface area contributed by atoms with Gasteiger partial charge in [-0.25, -0.2) is 4.98 Å². The summed E-state index contributed by atoms with van der Waals surface area (Å²) in [5, 5.41) is 5.05. The molecule has 1 fully saturated rings. The fourth-order valence-electron chi connectivity index (χ4n) is 3.45. The van der Waals surface area contributed by atoms with E-state index in [-0.39, 0.29) is 11.7 Å². The van der Waals surface area contributed by atoms with E-state index in [1.165, 1.54) is 29.5 Å². The number of piperazine rings is 1. The number of amides is 1. The van der Waals surface area contributed by atoms with Crippen molar-refractivity contribution in [3.8, 4) is 5.75 Å². The summed E-state index contributed by atoms with van der Waals surface area (Å²) in [5.74, 6) is -0.307. The van der Waals surface area contributed by atoms with Crippen molar-refractivity contribution in [2.75, 3.05) is 31.1 Å². The Kier molecular flexibility index (Phi) is 5.31. The van der Waals surface area contributed by atoms with Crippen LogP contribution in [0, 0.1) is 6.92 Å². The molecule has 7 nitrogen and oxygen atoms in total. The molecule has 0 aliphatic carbocycles. The molecule has 160 valence electrons. The average Bonchev–Trinajstić information content (AvgIpc) is 3.29. The summed E-state index contributed by atoms with van der Waals surface area (Å²) in [5.41, 5.74) is 2.01. The van der Waals surface area contributed by atoms with E-state index < -0.39 is 6.36 Å². The first-order chi connectivity index (χ1) is 14.2. The van der Waals surface area contributed by atoms with Crippen molar-refractivity contribution in [2.24, 2.45) is 0 Å². The highest BCUT2D eigenvalue weighted by molar-refractivity contribution is 7.22. The van der Waals surface area contributed by atoms with Gasteiger partial charge in [-0.1, -0.05) is 11.3 Å². The molecule has 1 aliphatic rings. The fourth-order valence-corrected chi connectivity index (χ4v) is 4.49. The van der Waals surface area contributed by atoms with E-state index in [0.717, 1.165) is 10.8 Å². The molecule has 4 rings (SSSR count). The minimum Gasteiger partial charge on any atom is -0.406 e. The number of rotatable bonds is 4. The molecule has 1 aromatic carbocycles. The number of alkyl halides is 3. The molecule has 0 unspecified atom stereocenters. The largest absolute Gasteiger partial charge is 0.573 e. The van der Waals surface area contributed by atoms with E-state index in [1.807, 2.05) is 18.7 Å². The molecule has 1 saturated heterocycles. The molecule has 11 heteroatoms. The zero-order valence-electron chi connectivity index (χ0n) is 16.4. The lowest BCUT2D eigenvalue weighted by molar-refractivity contribution is -0.274. The van der Waals surface area contributed by atoms with Crippen LogP contribution < -0.4 is 9.64 Å².